The third-order valence-electron chi connectivity index (χ3n) is 6.27. The van der Waals surface area contributed by atoms with Crippen LogP contribution >= 0.6 is 0 Å². The van der Waals surface area contributed by atoms with Crippen LogP contribution in [0.1, 0.15) is 52.4 Å². The van der Waals surface area contributed by atoms with Gasteiger partial charge in [0.1, 0.15) is 0 Å². The monoisotopic (exact) mass is 234 g/mol. The van der Waals surface area contributed by atoms with Gasteiger partial charge in [0, 0.05) is 12.0 Å². The van der Waals surface area contributed by atoms with Gasteiger partial charge in [0.25, 0.3) is 0 Å². The van der Waals surface area contributed by atoms with Crippen LogP contribution in [0.5, 0.6) is 0 Å². The van der Waals surface area contributed by atoms with E-state index < -0.39 is 0 Å². The van der Waals surface area contributed by atoms with E-state index in [2.05, 4.69) is 26.0 Å². The first-order valence-electron chi connectivity index (χ1n) is 7.36. The maximum atomic E-state index is 10.0. The quantitative estimate of drug-likeness (QED) is 0.721. The molecule has 3 aliphatic carbocycles. The molecule has 1 nitrogen and oxygen atoms in total. The molecule has 3 rings (SSSR count). The third-order valence-corrected chi connectivity index (χ3v) is 6.27. The van der Waals surface area contributed by atoms with Crippen molar-refractivity contribution in [1.29, 1.82) is 0 Å². The minimum Gasteiger partial charge on any atom is -0.396 e. The summed E-state index contributed by atoms with van der Waals surface area (Å²) < 4.78 is 0. The number of aliphatic hydroxyl groups is 1. The highest BCUT2D eigenvalue weighted by molar-refractivity contribution is 5.11. The molecule has 96 valence electrons. The highest BCUT2D eigenvalue weighted by atomic mass is 16.3. The molecule has 0 saturated heterocycles. The lowest BCUT2D eigenvalue weighted by molar-refractivity contribution is -0.0443. The molecule has 4 unspecified atom stereocenters. The van der Waals surface area contributed by atoms with E-state index in [9.17, 15) is 5.11 Å². The molecular formula is C16H26O. The Morgan fingerprint density at radius 3 is 2.59 bits per heavy atom. The van der Waals surface area contributed by atoms with E-state index in [1.54, 1.807) is 0 Å². The number of hydrogen-bond donors (Lipinski definition) is 1. The number of hydrogen-bond acceptors (Lipinski definition) is 1. The van der Waals surface area contributed by atoms with E-state index in [0.29, 0.717) is 12.0 Å². The van der Waals surface area contributed by atoms with Gasteiger partial charge in [0.15, 0.2) is 0 Å². The first-order chi connectivity index (χ1) is 8.10. The highest BCUT2D eigenvalue weighted by Crippen LogP contribution is 2.66. The fourth-order valence-corrected chi connectivity index (χ4v) is 5.58. The van der Waals surface area contributed by atoms with Gasteiger partial charge in [-0.1, -0.05) is 26.0 Å². The van der Waals surface area contributed by atoms with E-state index in [4.69, 9.17) is 0 Å². The summed E-state index contributed by atoms with van der Waals surface area (Å²) in [4.78, 5) is 0. The predicted octanol–water partition coefficient (Wildman–Crippen LogP) is 3.78. The van der Waals surface area contributed by atoms with Crippen molar-refractivity contribution in [3.05, 3.63) is 12.2 Å². The Hall–Kier alpha value is -0.300. The summed E-state index contributed by atoms with van der Waals surface area (Å²) in [6.45, 7) is 5.34. The van der Waals surface area contributed by atoms with Gasteiger partial charge in [-0.2, -0.15) is 0 Å². The maximum absolute atomic E-state index is 10.0. The van der Waals surface area contributed by atoms with Crippen LogP contribution in [-0.4, -0.2) is 11.7 Å². The Labute approximate surface area is 105 Å². The van der Waals surface area contributed by atoms with Gasteiger partial charge in [-0.15, -0.1) is 0 Å². The summed E-state index contributed by atoms with van der Waals surface area (Å²) >= 11 is 0. The lowest BCUT2D eigenvalue weighted by atomic mass is 9.54. The van der Waals surface area contributed by atoms with Gasteiger partial charge >= 0.3 is 0 Å². The molecule has 1 heteroatoms. The maximum Gasteiger partial charge on any atom is 0.0493 e. The lowest BCUT2D eigenvalue weighted by Crippen LogP contribution is -2.46. The molecule has 1 N–H and O–H groups in total. The number of fused-ring (bicyclic) bond motifs is 2. The van der Waals surface area contributed by atoms with Crippen molar-refractivity contribution in [2.24, 2.45) is 28.6 Å². The number of allylic oxidation sites excluding steroid dienone is 2. The molecule has 17 heavy (non-hydrogen) atoms. The van der Waals surface area contributed by atoms with Crippen molar-refractivity contribution in [1.82, 2.24) is 0 Å². The number of rotatable bonds is 2. The smallest absolute Gasteiger partial charge is 0.0493 e. The second kappa shape index (κ2) is 3.85. The average Bonchev–Trinajstić information content (AvgIpc) is 2.88. The lowest BCUT2D eigenvalue weighted by Gasteiger charge is -2.50. The minimum absolute atomic E-state index is 0.206. The normalized spacial score (nSPS) is 47.6. The fraction of sp³-hybridized carbons (Fsp3) is 0.875. The van der Waals surface area contributed by atoms with E-state index in [-0.39, 0.29) is 5.41 Å². The molecule has 2 bridgehead atoms. The first kappa shape index (κ1) is 11.8. The topological polar surface area (TPSA) is 20.2 Å². The summed E-state index contributed by atoms with van der Waals surface area (Å²) in [5, 5.41) is 10.0. The molecule has 0 spiro atoms. The van der Waals surface area contributed by atoms with Gasteiger partial charge in [-0.05, 0) is 61.7 Å². The molecule has 0 aromatic heterocycles. The average molecular weight is 234 g/mol. The van der Waals surface area contributed by atoms with E-state index in [1.807, 2.05) is 0 Å². The van der Waals surface area contributed by atoms with Crippen LogP contribution in [0.4, 0.5) is 0 Å². The molecule has 0 aromatic rings. The Bertz CT molecular complexity index is 330. The van der Waals surface area contributed by atoms with Crippen LogP contribution in [0.3, 0.4) is 0 Å². The van der Waals surface area contributed by atoms with Crippen molar-refractivity contribution < 1.29 is 5.11 Å². The van der Waals surface area contributed by atoms with Crippen molar-refractivity contribution in [2.75, 3.05) is 6.61 Å². The second-order valence-electron chi connectivity index (χ2n) is 7.30. The van der Waals surface area contributed by atoms with E-state index in [1.165, 1.54) is 32.1 Å². The highest BCUT2D eigenvalue weighted by Gasteiger charge is 2.59. The number of aliphatic hydroxyl groups excluding tert-OH is 1. The summed E-state index contributed by atoms with van der Waals surface area (Å²) in [6.07, 6.45) is 12.4. The Morgan fingerprint density at radius 1 is 1.24 bits per heavy atom. The zero-order chi connectivity index (χ0) is 12.1. The minimum atomic E-state index is 0.206. The molecule has 3 aliphatic rings. The van der Waals surface area contributed by atoms with Crippen molar-refractivity contribution in [2.45, 2.75) is 52.4 Å². The summed E-state index contributed by atoms with van der Waals surface area (Å²) in [6, 6.07) is 0. The summed E-state index contributed by atoms with van der Waals surface area (Å²) in [7, 11) is 0. The SMILES string of the molecule is CC1(C)C2CCC(C2)C1C1(CO)CC=CCC1. The standard InChI is InChI=1S/C16H26O/c1-15(2)13-7-6-12(10-13)14(15)16(11-17)8-4-3-5-9-16/h3-4,12-14,17H,5-11H2,1-2H3. The molecular weight excluding hydrogens is 208 g/mol. The van der Waals surface area contributed by atoms with Crippen LogP contribution < -0.4 is 0 Å². The van der Waals surface area contributed by atoms with E-state index in [0.717, 1.165) is 24.2 Å². The van der Waals surface area contributed by atoms with Gasteiger partial charge in [-0.3, -0.25) is 0 Å². The van der Waals surface area contributed by atoms with Crippen LogP contribution in [-0.2, 0) is 0 Å². The van der Waals surface area contributed by atoms with Crippen molar-refractivity contribution >= 4 is 0 Å². The van der Waals surface area contributed by atoms with Crippen LogP contribution in [0.2, 0.25) is 0 Å². The fourth-order valence-electron chi connectivity index (χ4n) is 5.58. The molecule has 0 aromatic carbocycles. The van der Waals surface area contributed by atoms with E-state index >= 15 is 0 Å². The second-order valence-corrected chi connectivity index (χ2v) is 7.30. The Morgan fingerprint density at radius 2 is 2.06 bits per heavy atom. The molecule has 0 radical (unpaired) electrons. The van der Waals surface area contributed by atoms with Gasteiger partial charge in [-0.25, -0.2) is 0 Å². The molecule has 2 saturated carbocycles. The van der Waals surface area contributed by atoms with Gasteiger partial charge in [0.05, 0.1) is 0 Å². The third kappa shape index (κ3) is 1.54. The van der Waals surface area contributed by atoms with Crippen LogP contribution in [0, 0.1) is 28.6 Å². The van der Waals surface area contributed by atoms with Gasteiger partial charge in [0.2, 0.25) is 0 Å². The Kier molecular flexibility index (Phi) is 2.66. The van der Waals surface area contributed by atoms with Crippen LogP contribution in [0.15, 0.2) is 12.2 Å². The zero-order valence-corrected chi connectivity index (χ0v) is 11.3. The molecule has 0 heterocycles. The zero-order valence-electron chi connectivity index (χ0n) is 11.3. The van der Waals surface area contributed by atoms with Gasteiger partial charge < -0.3 is 5.11 Å². The first-order valence-corrected chi connectivity index (χ1v) is 7.36. The van der Waals surface area contributed by atoms with Crippen molar-refractivity contribution in [3.63, 3.8) is 0 Å². The molecule has 4 atom stereocenters. The largest absolute Gasteiger partial charge is 0.396 e. The predicted molar refractivity (Wildman–Crippen MR) is 70.6 cm³/mol. The molecule has 2 fully saturated rings. The van der Waals surface area contributed by atoms with Crippen LogP contribution in [0.25, 0.3) is 0 Å². The van der Waals surface area contributed by atoms with Crippen molar-refractivity contribution in [3.8, 4) is 0 Å². The summed E-state index contributed by atoms with van der Waals surface area (Å²) in [5.74, 6) is 2.57. The molecule has 0 amide bonds. The Balaban J connectivity index is 1.94. The molecule has 0 aliphatic heterocycles. The summed E-state index contributed by atoms with van der Waals surface area (Å²) in [5.41, 5.74) is 0.662.